The molecule has 1 fully saturated rings. The molecular weight excluding hydrogens is 240 g/mol. The lowest BCUT2D eigenvalue weighted by Gasteiger charge is -2.26. The first-order valence-electron chi connectivity index (χ1n) is 6.89. The minimum absolute atomic E-state index is 0.130. The summed E-state index contributed by atoms with van der Waals surface area (Å²) >= 11 is 0. The molecule has 1 saturated carbocycles. The van der Waals surface area contributed by atoms with Crippen molar-refractivity contribution < 1.29 is 9.90 Å². The molecule has 4 N–H and O–H groups in total. The third kappa shape index (κ3) is 3.70. The maximum absolute atomic E-state index is 12.0. The van der Waals surface area contributed by atoms with Crippen LogP contribution in [0.5, 0.6) is 5.75 Å². The Morgan fingerprint density at radius 1 is 1.47 bits per heavy atom. The van der Waals surface area contributed by atoms with Gasteiger partial charge in [0.2, 0.25) is 0 Å². The minimum atomic E-state index is -0.130. The average Bonchev–Trinajstić information content (AvgIpc) is 2.39. The summed E-state index contributed by atoms with van der Waals surface area (Å²) in [5, 5.41) is 12.5. The first kappa shape index (κ1) is 13.9. The van der Waals surface area contributed by atoms with E-state index in [2.05, 4.69) is 5.32 Å². The highest BCUT2D eigenvalue weighted by Crippen LogP contribution is 2.22. The Bertz CT molecular complexity index is 459. The van der Waals surface area contributed by atoms with Crippen LogP contribution in [0.4, 0.5) is 0 Å². The lowest BCUT2D eigenvalue weighted by molar-refractivity contribution is 0.0942. The van der Waals surface area contributed by atoms with Crippen molar-refractivity contribution in [1.82, 2.24) is 5.32 Å². The van der Waals surface area contributed by atoms with Crippen LogP contribution >= 0.6 is 0 Å². The van der Waals surface area contributed by atoms with Gasteiger partial charge in [-0.1, -0.05) is 12.5 Å². The molecule has 0 spiro atoms. The molecule has 1 aliphatic carbocycles. The Hall–Kier alpha value is -1.55. The van der Waals surface area contributed by atoms with Gasteiger partial charge in [0.15, 0.2) is 0 Å². The highest BCUT2D eigenvalue weighted by atomic mass is 16.3. The molecule has 4 nitrogen and oxygen atoms in total. The van der Waals surface area contributed by atoms with E-state index in [9.17, 15) is 9.90 Å². The number of nitrogens with two attached hydrogens (primary N) is 1. The Kier molecular flexibility index (Phi) is 4.43. The zero-order valence-electron chi connectivity index (χ0n) is 11.4. The van der Waals surface area contributed by atoms with E-state index in [1.807, 2.05) is 0 Å². The van der Waals surface area contributed by atoms with Gasteiger partial charge in [0, 0.05) is 18.2 Å². The molecule has 19 heavy (non-hydrogen) atoms. The van der Waals surface area contributed by atoms with Crippen molar-refractivity contribution in [2.75, 3.05) is 6.54 Å². The maximum atomic E-state index is 12.0. The third-order valence-corrected chi connectivity index (χ3v) is 3.85. The van der Waals surface area contributed by atoms with Crippen molar-refractivity contribution >= 4 is 5.91 Å². The molecule has 0 heterocycles. The van der Waals surface area contributed by atoms with Crippen LogP contribution in [-0.2, 0) is 0 Å². The fraction of sp³-hybridized carbons (Fsp3) is 0.533. The highest BCUT2D eigenvalue weighted by Gasteiger charge is 2.19. The molecule has 2 rings (SSSR count). The van der Waals surface area contributed by atoms with E-state index in [1.54, 1.807) is 19.1 Å². The van der Waals surface area contributed by atoms with Crippen molar-refractivity contribution in [3.05, 3.63) is 29.3 Å². The van der Waals surface area contributed by atoms with E-state index < -0.39 is 0 Å². The zero-order chi connectivity index (χ0) is 13.8. The first-order chi connectivity index (χ1) is 9.06. The Labute approximate surface area is 114 Å². The number of phenolic OH excluding ortho intramolecular Hbond substituents is 1. The second kappa shape index (κ2) is 6.06. The number of rotatable bonds is 3. The summed E-state index contributed by atoms with van der Waals surface area (Å²) in [5.41, 5.74) is 7.21. The van der Waals surface area contributed by atoms with Crippen LogP contribution in [0.3, 0.4) is 0 Å². The Morgan fingerprint density at radius 2 is 2.26 bits per heavy atom. The number of benzene rings is 1. The number of carbonyl (C=O) groups excluding carboxylic acids is 1. The van der Waals surface area contributed by atoms with Crippen molar-refractivity contribution in [1.29, 1.82) is 0 Å². The van der Waals surface area contributed by atoms with Crippen molar-refractivity contribution in [3.8, 4) is 5.75 Å². The molecule has 104 valence electrons. The number of hydrogen-bond donors (Lipinski definition) is 3. The molecule has 1 aromatic rings. The van der Waals surface area contributed by atoms with Gasteiger partial charge in [0.1, 0.15) is 5.75 Å². The molecule has 1 aromatic carbocycles. The van der Waals surface area contributed by atoms with Gasteiger partial charge in [-0.3, -0.25) is 4.79 Å². The fourth-order valence-corrected chi connectivity index (χ4v) is 2.61. The summed E-state index contributed by atoms with van der Waals surface area (Å²) in [6.45, 7) is 2.47. The molecule has 0 aromatic heterocycles. The van der Waals surface area contributed by atoms with E-state index >= 15 is 0 Å². The summed E-state index contributed by atoms with van der Waals surface area (Å²) in [7, 11) is 0. The van der Waals surface area contributed by atoms with Crippen molar-refractivity contribution in [2.45, 2.75) is 38.6 Å². The number of aromatic hydroxyl groups is 1. The van der Waals surface area contributed by atoms with Gasteiger partial charge in [0.05, 0.1) is 0 Å². The molecule has 1 aliphatic rings. The van der Waals surface area contributed by atoms with E-state index in [4.69, 9.17) is 5.73 Å². The number of nitrogens with one attached hydrogen (secondary N) is 1. The monoisotopic (exact) mass is 262 g/mol. The summed E-state index contributed by atoms with van der Waals surface area (Å²) in [6.07, 6.45) is 4.36. The summed E-state index contributed by atoms with van der Waals surface area (Å²) in [6, 6.07) is 5.27. The maximum Gasteiger partial charge on any atom is 0.251 e. The summed E-state index contributed by atoms with van der Waals surface area (Å²) in [4.78, 5) is 12.0. The van der Waals surface area contributed by atoms with Crippen LogP contribution in [-0.4, -0.2) is 23.6 Å². The van der Waals surface area contributed by atoms with E-state index in [0.717, 1.165) is 31.2 Å². The van der Waals surface area contributed by atoms with Crippen LogP contribution in [0, 0.1) is 12.8 Å². The van der Waals surface area contributed by atoms with E-state index in [-0.39, 0.29) is 17.7 Å². The highest BCUT2D eigenvalue weighted by molar-refractivity contribution is 5.94. The predicted octanol–water partition coefficient (Wildman–Crippen LogP) is 1.95. The van der Waals surface area contributed by atoms with Crippen molar-refractivity contribution in [3.63, 3.8) is 0 Å². The lowest BCUT2D eigenvalue weighted by Crippen LogP contribution is -2.35. The van der Waals surface area contributed by atoms with Gasteiger partial charge in [-0.25, -0.2) is 0 Å². The molecule has 2 atom stereocenters. The van der Waals surface area contributed by atoms with Crippen LogP contribution < -0.4 is 11.1 Å². The van der Waals surface area contributed by atoms with E-state index in [0.29, 0.717) is 18.0 Å². The normalized spacial score (nSPS) is 23.1. The second-order valence-electron chi connectivity index (χ2n) is 5.50. The smallest absolute Gasteiger partial charge is 0.251 e. The minimum Gasteiger partial charge on any atom is -0.508 e. The van der Waals surface area contributed by atoms with Gasteiger partial charge >= 0.3 is 0 Å². The summed E-state index contributed by atoms with van der Waals surface area (Å²) in [5.74, 6) is 0.508. The second-order valence-corrected chi connectivity index (χ2v) is 5.50. The van der Waals surface area contributed by atoms with E-state index in [1.165, 1.54) is 6.07 Å². The van der Waals surface area contributed by atoms with Gasteiger partial charge in [-0.2, -0.15) is 0 Å². The van der Waals surface area contributed by atoms with Gasteiger partial charge in [0.25, 0.3) is 5.91 Å². The number of phenols is 1. The Morgan fingerprint density at radius 3 is 2.95 bits per heavy atom. The molecule has 2 unspecified atom stereocenters. The first-order valence-corrected chi connectivity index (χ1v) is 6.89. The molecule has 0 bridgehead atoms. The van der Waals surface area contributed by atoms with Crippen molar-refractivity contribution in [2.24, 2.45) is 11.7 Å². The zero-order valence-corrected chi connectivity index (χ0v) is 11.4. The predicted molar refractivity (Wildman–Crippen MR) is 75.1 cm³/mol. The lowest BCUT2D eigenvalue weighted by atomic mass is 9.86. The van der Waals surface area contributed by atoms with Gasteiger partial charge < -0.3 is 16.2 Å². The number of aryl methyl sites for hydroxylation is 1. The summed E-state index contributed by atoms with van der Waals surface area (Å²) < 4.78 is 0. The number of carbonyl (C=O) groups is 1. The average molecular weight is 262 g/mol. The van der Waals surface area contributed by atoms with Gasteiger partial charge in [-0.15, -0.1) is 0 Å². The molecular formula is C15H22N2O2. The third-order valence-electron chi connectivity index (χ3n) is 3.85. The van der Waals surface area contributed by atoms with Crippen LogP contribution in [0.2, 0.25) is 0 Å². The molecule has 0 aliphatic heterocycles. The topological polar surface area (TPSA) is 75.4 Å². The number of hydrogen-bond acceptors (Lipinski definition) is 3. The van der Waals surface area contributed by atoms with Gasteiger partial charge in [-0.05, 0) is 49.8 Å². The quantitative estimate of drug-likeness (QED) is 0.779. The standard InChI is InChI=1S/C15H22N2O2/c1-10-5-6-12(8-14(10)18)15(19)17-9-11-3-2-4-13(16)7-11/h5-6,8,11,13,18H,2-4,7,9,16H2,1H3,(H,17,19). The SMILES string of the molecule is Cc1ccc(C(=O)NCC2CCCC(N)C2)cc1O. The fourth-order valence-electron chi connectivity index (χ4n) is 2.61. The van der Waals surface area contributed by atoms with Crippen LogP contribution in [0.25, 0.3) is 0 Å². The molecule has 0 radical (unpaired) electrons. The largest absolute Gasteiger partial charge is 0.508 e. The number of amides is 1. The Balaban J connectivity index is 1.88. The van der Waals surface area contributed by atoms with Crippen LogP contribution in [0.15, 0.2) is 18.2 Å². The van der Waals surface area contributed by atoms with Crippen LogP contribution in [0.1, 0.15) is 41.6 Å². The molecule has 0 saturated heterocycles. The molecule has 4 heteroatoms. The molecule has 1 amide bonds.